The molecule has 0 saturated heterocycles. The van der Waals surface area contributed by atoms with E-state index in [2.05, 4.69) is 0 Å². The molecule has 0 unspecified atom stereocenters. The van der Waals surface area contributed by atoms with Crippen molar-refractivity contribution in [3.05, 3.63) is 35.9 Å². The molecule has 0 aliphatic heterocycles. The number of nitrogens with zero attached hydrogens (tertiary/aromatic N) is 1. The summed E-state index contributed by atoms with van der Waals surface area (Å²) in [4.78, 5) is 13.1. The zero-order chi connectivity index (χ0) is 11.3. The minimum absolute atomic E-state index is 0.00863. The predicted molar refractivity (Wildman–Crippen MR) is 63.2 cm³/mol. The average Bonchev–Trinajstić information content (AvgIpc) is 2.26. The number of likely N-dealkylation sites (N-methyl/N-ethyl adjacent to an activating group) is 1. The van der Waals surface area contributed by atoms with E-state index in [1.54, 1.807) is 24.1 Å². The van der Waals surface area contributed by atoms with Crippen LogP contribution in [-0.2, 0) is 4.79 Å². The number of hydrogen-bond acceptors (Lipinski definition) is 2. The molecule has 80 valence electrons. The van der Waals surface area contributed by atoms with Gasteiger partial charge in [-0.3, -0.25) is 4.79 Å². The van der Waals surface area contributed by atoms with Gasteiger partial charge in [0.1, 0.15) is 0 Å². The highest BCUT2D eigenvalue weighted by molar-refractivity contribution is 5.91. The van der Waals surface area contributed by atoms with Crippen molar-refractivity contribution < 1.29 is 4.79 Å². The number of benzene rings is 1. The van der Waals surface area contributed by atoms with Gasteiger partial charge in [-0.1, -0.05) is 12.1 Å². The van der Waals surface area contributed by atoms with Crippen LogP contribution in [0.25, 0.3) is 6.08 Å². The number of nitrogen functional groups attached to an aromatic ring is 1. The summed E-state index contributed by atoms with van der Waals surface area (Å²) >= 11 is 0. The summed E-state index contributed by atoms with van der Waals surface area (Å²) < 4.78 is 0. The van der Waals surface area contributed by atoms with E-state index in [0.29, 0.717) is 6.54 Å². The molecule has 2 N–H and O–H groups in total. The Balaban J connectivity index is 2.65. The van der Waals surface area contributed by atoms with E-state index < -0.39 is 0 Å². The Bertz CT molecular complexity index is 354. The molecule has 0 aliphatic carbocycles. The molecule has 15 heavy (non-hydrogen) atoms. The molecule has 1 aromatic rings. The first kappa shape index (κ1) is 11.3. The quantitative estimate of drug-likeness (QED) is 0.602. The van der Waals surface area contributed by atoms with Crippen LogP contribution in [0.1, 0.15) is 12.5 Å². The minimum Gasteiger partial charge on any atom is -0.399 e. The standard InChI is InChI=1S/C12H16N2O/c1-3-14(2)12(15)9-6-10-4-7-11(13)8-5-10/h4-9H,3,13H2,1-2H3/b9-6+. The van der Waals surface area contributed by atoms with Gasteiger partial charge in [-0.05, 0) is 30.7 Å². The number of carbonyl (C=O) groups is 1. The minimum atomic E-state index is 0.00863. The molecule has 3 nitrogen and oxygen atoms in total. The summed E-state index contributed by atoms with van der Waals surface area (Å²) in [5.41, 5.74) is 7.25. The van der Waals surface area contributed by atoms with Crippen molar-refractivity contribution in [2.75, 3.05) is 19.3 Å². The van der Waals surface area contributed by atoms with E-state index in [4.69, 9.17) is 5.73 Å². The van der Waals surface area contributed by atoms with Crippen molar-refractivity contribution in [3.8, 4) is 0 Å². The summed E-state index contributed by atoms with van der Waals surface area (Å²) in [5, 5.41) is 0. The molecule has 0 fully saturated rings. The molecular weight excluding hydrogens is 188 g/mol. The van der Waals surface area contributed by atoms with Crippen molar-refractivity contribution in [3.63, 3.8) is 0 Å². The van der Waals surface area contributed by atoms with Gasteiger partial charge in [0.15, 0.2) is 0 Å². The van der Waals surface area contributed by atoms with Gasteiger partial charge in [-0.25, -0.2) is 0 Å². The molecule has 0 radical (unpaired) electrons. The normalized spacial score (nSPS) is 10.5. The van der Waals surface area contributed by atoms with Gasteiger partial charge >= 0.3 is 0 Å². The predicted octanol–water partition coefficient (Wildman–Crippen LogP) is 1.76. The topological polar surface area (TPSA) is 46.3 Å². The highest BCUT2D eigenvalue weighted by atomic mass is 16.2. The Morgan fingerprint density at radius 3 is 2.53 bits per heavy atom. The van der Waals surface area contributed by atoms with E-state index in [1.165, 1.54) is 0 Å². The monoisotopic (exact) mass is 204 g/mol. The van der Waals surface area contributed by atoms with Crippen LogP contribution < -0.4 is 5.73 Å². The zero-order valence-corrected chi connectivity index (χ0v) is 9.10. The third-order valence-corrected chi connectivity index (χ3v) is 2.21. The molecule has 0 saturated carbocycles. The van der Waals surface area contributed by atoms with E-state index in [-0.39, 0.29) is 5.91 Å². The lowest BCUT2D eigenvalue weighted by Crippen LogP contribution is -2.23. The Labute approximate surface area is 90.2 Å². The largest absolute Gasteiger partial charge is 0.399 e. The molecule has 1 amide bonds. The van der Waals surface area contributed by atoms with E-state index in [0.717, 1.165) is 11.3 Å². The van der Waals surface area contributed by atoms with Crippen molar-refractivity contribution >= 4 is 17.7 Å². The van der Waals surface area contributed by atoms with Gasteiger partial charge in [0, 0.05) is 25.4 Å². The molecular formula is C12H16N2O. The third-order valence-electron chi connectivity index (χ3n) is 2.21. The highest BCUT2D eigenvalue weighted by Crippen LogP contribution is 2.07. The number of amides is 1. The van der Waals surface area contributed by atoms with E-state index in [1.807, 2.05) is 31.2 Å². The second-order valence-corrected chi connectivity index (χ2v) is 3.35. The van der Waals surface area contributed by atoms with Crippen LogP contribution in [0.15, 0.2) is 30.3 Å². The molecule has 3 heteroatoms. The maximum Gasteiger partial charge on any atom is 0.246 e. The molecule has 1 aromatic carbocycles. The lowest BCUT2D eigenvalue weighted by atomic mass is 10.2. The fraction of sp³-hybridized carbons (Fsp3) is 0.250. The van der Waals surface area contributed by atoms with Crippen LogP contribution >= 0.6 is 0 Å². The SMILES string of the molecule is CCN(C)C(=O)/C=C/c1ccc(N)cc1. The maximum atomic E-state index is 11.4. The summed E-state index contributed by atoms with van der Waals surface area (Å²) in [6.07, 6.45) is 3.35. The van der Waals surface area contributed by atoms with Crippen LogP contribution in [0.5, 0.6) is 0 Å². The Kier molecular flexibility index (Phi) is 3.92. The second kappa shape index (κ2) is 5.20. The van der Waals surface area contributed by atoms with Gasteiger partial charge in [-0.2, -0.15) is 0 Å². The molecule has 0 bridgehead atoms. The van der Waals surface area contributed by atoms with Gasteiger partial charge in [0.25, 0.3) is 0 Å². The number of nitrogens with two attached hydrogens (primary N) is 1. The molecule has 1 rings (SSSR count). The van der Waals surface area contributed by atoms with Crippen molar-refractivity contribution in [1.29, 1.82) is 0 Å². The van der Waals surface area contributed by atoms with Gasteiger partial charge in [0.2, 0.25) is 5.91 Å². The fourth-order valence-corrected chi connectivity index (χ4v) is 1.06. The molecule has 0 aliphatic rings. The van der Waals surface area contributed by atoms with Crippen LogP contribution in [-0.4, -0.2) is 24.4 Å². The lowest BCUT2D eigenvalue weighted by molar-refractivity contribution is -0.124. The number of carbonyl (C=O) groups excluding carboxylic acids is 1. The van der Waals surface area contributed by atoms with Crippen molar-refractivity contribution in [1.82, 2.24) is 4.90 Å². The van der Waals surface area contributed by atoms with Crippen LogP contribution in [0.4, 0.5) is 5.69 Å². The number of hydrogen-bond donors (Lipinski definition) is 1. The van der Waals surface area contributed by atoms with Gasteiger partial charge in [-0.15, -0.1) is 0 Å². The first-order chi connectivity index (χ1) is 7.13. The first-order valence-corrected chi connectivity index (χ1v) is 4.92. The zero-order valence-electron chi connectivity index (χ0n) is 9.10. The molecule has 0 heterocycles. The molecule has 0 aromatic heterocycles. The number of rotatable bonds is 3. The van der Waals surface area contributed by atoms with Crippen LogP contribution in [0.3, 0.4) is 0 Å². The van der Waals surface area contributed by atoms with E-state index >= 15 is 0 Å². The smallest absolute Gasteiger partial charge is 0.246 e. The summed E-state index contributed by atoms with van der Waals surface area (Å²) in [6, 6.07) is 7.39. The van der Waals surface area contributed by atoms with Gasteiger partial charge in [0.05, 0.1) is 0 Å². The highest BCUT2D eigenvalue weighted by Gasteiger charge is 1.99. The summed E-state index contributed by atoms with van der Waals surface area (Å²) in [6.45, 7) is 2.65. The van der Waals surface area contributed by atoms with E-state index in [9.17, 15) is 4.79 Å². The number of anilines is 1. The van der Waals surface area contributed by atoms with Crippen LogP contribution in [0, 0.1) is 0 Å². The van der Waals surface area contributed by atoms with Gasteiger partial charge < -0.3 is 10.6 Å². The van der Waals surface area contributed by atoms with Crippen LogP contribution in [0.2, 0.25) is 0 Å². The maximum absolute atomic E-state index is 11.4. The second-order valence-electron chi connectivity index (χ2n) is 3.35. The Morgan fingerprint density at radius 2 is 2.00 bits per heavy atom. The Hall–Kier alpha value is -1.77. The fourth-order valence-electron chi connectivity index (χ4n) is 1.06. The summed E-state index contributed by atoms with van der Waals surface area (Å²) in [5.74, 6) is 0.00863. The first-order valence-electron chi connectivity index (χ1n) is 4.92. The van der Waals surface area contributed by atoms with Crippen molar-refractivity contribution in [2.24, 2.45) is 0 Å². The lowest BCUT2D eigenvalue weighted by Gasteiger charge is -2.10. The average molecular weight is 204 g/mol. The Morgan fingerprint density at radius 1 is 1.40 bits per heavy atom. The molecule has 0 spiro atoms. The summed E-state index contributed by atoms with van der Waals surface area (Å²) in [7, 11) is 1.77. The molecule has 0 atom stereocenters. The third kappa shape index (κ3) is 3.46. The van der Waals surface area contributed by atoms with Crippen molar-refractivity contribution in [2.45, 2.75) is 6.92 Å².